The molecule has 0 saturated heterocycles. The Bertz CT molecular complexity index is 1580. The summed E-state index contributed by atoms with van der Waals surface area (Å²) in [6, 6.07) is 6.04. The van der Waals surface area contributed by atoms with Crippen LogP contribution in [0.15, 0.2) is 42.7 Å². The third-order valence-corrected chi connectivity index (χ3v) is 6.94. The van der Waals surface area contributed by atoms with Gasteiger partial charge in [-0.05, 0) is 38.5 Å². The fourth-order valence-electron chi connectivity index (χ4n) is 5.02. The molecule has 5 rings (SSSR count). The molecule has 0 spiro atoms. The SMILES string of the molecule is CCCCOC(=O)c1cccc(OC(F)F)c1[C@H]1CC(O)c2nc3cc(F)c(-c4cnc(C(C)(C)O)nc4)cc3n21. The van der Waals surface area contributed by atoms with Gasteiger partial charge in [0.1, 0.15) is 29.1 Å². The van der Waals surface area contributed by atoms with Crippen molar-refractivity contribution in [2.45, 2.75) is 64.4 Å². The largest absolute Gasteiger partial charge is 0.462 e. The van der Waals surface area contributed by atoms with Crippen LogP contribution in [-0.2, 0) is 10.3 Å². The summed E-state index contributed by atoms with van der Waals surface area (Å²) in [7, 11) is 0. The standard InChI is InChI=1S/C29H29F3N4O5/c1-4-5-9-40-26(38)16-7-6-8-23(41-28(31)32)24(16)21-12-22(37)25-35-19-11-18(30)17(10-20(19)36(21)25)15-13-33-27(34-14-15)29(2,3)39/h6-8,10-11,13-14,21-22,28,37,39H,4-5,9,12H2,1-3H3/t21-,22?/m1/s1. The Labute approximate surface area is 233 Å². The van der Waals surface area contributed by atoms with Gasteiger partial charge in [-0.3, -0.25) is 0 Å². The highest BCUT2D eigenvalue weighted by Gasteiger charge is 2.38. The van der Waals surface area contributed by atoms with Gasteiger partial charge in [-0.15, -0.1) is 0 Å². The second kappa shape index (κ2) is 11.1. The Balaban J connectivity index is 1.65. The topological polar surface area (TPSA) is 120 Å². The quantitative estimate of drug-likeness (QED) is 0.202. The number of hydrogen-bond donors (Lipinski definition) is 2. The average Bonchev–Trinajstić information content (AvgIpc) is 3.44. The minimum absolute atomic E-state index is 0.00717. The van der Waals surface area contributed by atoms with Gasteiger partial charge in [-0.25, -0.2) is 24.1 Å². The van der Waals surface area contributed by atoms with Crippen molar-refractivity contribution in [3.05, 3.63) is 71.3 Å². The Morgan fingerprint density at radius 1 is 1.22 bits per heavy atom. The molecule has 4 aromatic rings. The summed E-state index contributed by atoms with van der Waals surface area (Å²) in [5.41, 5.74) is -0.109. The number of unbranched alkanes of at least 4 members (excludes halogenated alkanes) is 1. The van der Waals surface area contributed by atoms with Gasteiger partial charge in [0.05, 0.1) is 29.2 Å². The molecule has 2 atom stereocenters. The first-order valence-electron chi connectivity index (χ1n) is 13.2. The molecule has 41 heavy (non-hydrogen) atoms. The van der Waals surface area contributed by atoms with E-state index in [-0.39, 0.29) is 52.6 Å². The lowest BCUT2D eigenvalue weighted by Crippen LogP contribution is -2.19. The van der Waals surface area contributed by atoms with E-state index in [9.17, 15) is 23.8 Å². The highest BCUT2D eigenvalue weighted by molar-refractivity contribution is 5.92. The molecule has 2 aromatic carbocycles. The van der Waals surface area contributed by atoms with Crippen molar-refractivity contribution in [1.82, 2.24) is 19.5 Å². The summed E-state index contributed by atoms with van der Waals surface area (Å²) in [6.45, 7) is 1.97. The molecule has 216 valence electrons. The number of carbonyl (C=O) groups excluding carboxylic acids is 1. The molecular formula is C29H29F3N4O5. The summed E-state index contributed by atoms with van der Waals surface area (Å²) >= 11 is 0. The highest BCUT2D eigenvalue weighted by Crippen LogP contribution is 2.46. The lowest BCUT2D eigenvalue weighted by Gasteiger charge is -2.22. The number of rotatable bonds is 9. The maximum absolute atomic E-state index is 15.3. The van der Waals surface area contributed by atoms with Crippen LogP contribution in [0.4, 0.5) is 13.2 Å². The molecule has 1 unspecified atom stereocenters. The first-order valence-corrected chi connectivity index (χ1v) is 13.2. The first kappa shape index (κ1) is 28.5. The summed E-state index contributed by atoms with van der Waals surface area (Å²) in [5, 5.41) is 21.1. The van der Waals surface area contributed by atoms with E-state index in [1.165, 1.54) is 56.6 Å². The van der Waals surface area contributed by atoms with E-state index in [4.69, 9.17) is 9.47 Å². The minimum Gasteiger partial charge on any atom is -0.462 e. The molecule has 1 aliphatic heterocycles. The predicted molar refractivity (Wildman–Crippen MR) is 142 cm³/mol. The molecule has 12 heteroatoms. The van der Waals surface area contributed by atoms with Gasteiger partial charge in [0.15, 0.2) is 5.82 Å². The summed E-state index contributed by atoms with van der Waals surface area (Å²) in [4.78, 5) is 25.8. The van der Waals surface area contributed by atoms with Gasteiger partial charge >= 0.3 is 12.6 Å². The minimum atomic E-state index is -3.17. The molecular weight excluding hydrogens is 541 g/mol. The fourth-order valence-corrected chi connectivity index (χ4v) is 5.02. The number of halogens is 3. The maximum Gasteiger partial charge on any atom is 0.387 e. The van der Waals surface area contributed by atoms with Crippen molar-refractivity contribution < 1.29 is 37.7 Å². The fraction of sp³-hybridized carbons (Fsp3) is 0.379. The third kappa shape index (κ3) is 5.49. The number of aliphatic hydroxyl groups is 2. The number of aliphatic hydroxyl groups excluding tert-OH is 1. The summed E-state index contributed by atoms with van der Waals surface area (Å²) in [5.74, 6) is -1.23. The number of aromatic nitrogens is 4. The number of ether oxygens (including phenoxy) is 2. The van der Waals surface area contributed by atoms with Crippen LogP contribution in [0.1, 0.15) is 79.7 Å². The van der Waals surface area contributed by atoms with E-state index in [1.807, 2.05) is 6.92 Å². The van der Waals surface area contributed by atoms with Crippen LogP contribution < -0.4 is 4.74 Å². The van der Waals surface area contributed by atoms with Crippen LogP contribution in [0.2, 0.25) is 0 Å². The maximum atomic E-state index is 15.3. The molecule has 0 bridgehead atoms. The molecule has 3 heterocycles. The number of nitrogens with zero attached hydrogens (tertiary/aromatic N) is 4. The number of esters is 1. The Hall–Kier alpha value is -4.03. The summed E-state index contributed by atoms with van der Waals surface area (Å²) in [6.07, 6.45) is 3.06. The number of carbonyl (C=O) groups is 1. The van der Waals surface area contributed by atoms with Crippen molar-refractivity contribution in [3.8, 4) is 16.9 Å². The number of benzene rings is 2. The van der Waals surface area contributed by atoms with Gasteiger partial charge in [0, 0.05) is 41.6 Å². The van der Waals surface area contributed by atoms with Crippen molar-refractivity contribution in [1.29, 1.82) is 0 Å². The Kier molecular flexibility index (Phi) is 7.71. The second-order valence-corrected chi connectivity index (χ2v) is 10.4. The lowest BCUT2D eigenvalue weighted by atomic mass is 9.96. The van der Waals surface area contributed by atoms with Gasteiger partial charge in [-0.2, -0.15) is 8.78 Å². The van der Waals surface area contributed by atoms with E-state index in [1.54, 1.807) is 4.57 Å². The Morgan fingerprint density at radius 3 is 2.61 bits per heavy atom. The molecule has 1 aliphatic rings. The third-order valence-electron chi connectivity index (χ3n) is 6.94. The molecule has 0 aliphatic carbocycles. The lowest BCUT2D eigenvalue weighted by molar-refractivity contribution is -0.0508. The van der Waals surface area contributed by atoms with Crippen LogP contribution in [0.5, 0.6) is 5.75 Å². The molecule has 0 amide bonds. The van der Waals surface area contributed by atoms with E-state index in [2.05, 4.69) is 15.0 Å². The van der Waals surface area contributed by atoms with E-state index in [0.717, 1.165) is 6.42 Å². The average molecular weight is 571 g/mol. The van der Waals surface area contributed by atoms with Crippen molar-refractivity contribution in [2.75, 3.05) is 6.61 Å². The zero-order valence-corrected chi connectivity index (χ0v) is 22.6. The van der Waals surface area contributed by atoms with E-state index in [0.29, 0.717) is 17.5 Å². The molecule has 0 fully saturated rings. The van der Waals surface area contributed by atoms with Crippen molar-refractivity contribution in [3.63, 3.8) is 0 Å². The zero-order chi connectivity index (χ0) is 29.5. The summed E-state index contributed by atoms with van der Waals surface area (Å²) < 4.78 is 54.0. The molecule has 0 radical (unpaired) electrons. The van der Waals surface area contributed by atoms with E-state index < -0.39 is 36.1 Å². The predicted octanol–water partition coefficient (Wildman–Crippen LogP) is 5.44. The van der Waals surface area contributed by atoms with Gasteiger partial charge in [-0.1, -0.05) is 19.4 Å². The zero-order valence-electron chi connectivity index (χ0n) is 22.6. The van der Waals surface area contributed by atoms with E-state index >= 15 is 4.39 Å². The van der Waals surface area contributed by atoms with Crippen LogP contribution in [0, 0.1) is 5.82 Å². The number of alkyl halides is 2. The van der Waals surface area contributed by atoms with Crippen LogP contribution in [0.25, 0.3) is 22.2 Å². The first-order chi connectivity index (χ1) is 19.5. The van der Waals surface area contributed by atoms with Crippen molar-refractivity contribution >= 4 is 17.0 Å². The molecule has 2 N–H and O–H groups in total. The number of imidazole rings is 1. The highest BCUT2D eigenvalue weighted by atomic mass is 19.3. The van der Waals surface area contributed by atoms with Gasteiger partial charge in [0.2, 0.25) is 0 Å². The van der Waals surface area contributed by atoms with Crippen LogP contribution >= 0.6 is 0 Å². The van der Waals surface area contributed by atoms with Gasteiger partial charge < -0.3 is 24.3 Å². The monoisotopic (exact) mass is 570 g/mol. The number of fused-ring (bicyclic) bond motifs is 3. The molecule has 2 aromatic heterocycles. The number of hydrogen-bond acceptors (Lipinski definition) is 8. The molecule has 9 nitrogen and oxygen atoms in total. The second-order valence-electron chi connectivity index (χ2n) is 10.4. The van der Waals surface area contributed by atoms with Crippen LogP contribution in [-0.4, -0.2) is 48.9 Å². The Morgan fingerprint density at radius 2 is 1.95 bits per heavy atom. The smallest absolute Gasteiger partial charge is 0.387 e. The molecule has 0 saturated carbocycles. The normalized spacial score (nSPS) is 16.8. The van der Waals surface area contributed by atoms with Crippen LogP contribution in [0.3, 0.4) is 0 Å². The van der Waals surface area contributed by atoms with Gasteiger partial charge in [0.25, 0.3) is 0 Å². The van der Waals surface area contributed by atoms with Crippen molar-refractivity contribution in [2.24, 2.45) is 0 Å².